The molecule has 0 fully saturated rings. The molecule has 0 atom stereocenters. The molecule has 3 aromatic rings. The van der Waals surface area contributed by atoms with Crippen LogP contribution in [0.3, 0.4) is 0 Å². The number of hydrogen-bond donors (Lipinski definition) is 3. The second-order valence-corrected chi connectivity index (χ2v) is 6.51. The Bertz CT molecular complexity index is 899. The van der Waals surface area contributed by atoms with Crippen LogP contribution >= 0.6 is 0 Å². The van der Waals surface area contributed by atoms with Gasteiger partial charge in [-0.15, -0.1) is 0 Å². The molecule has 0 saturated heterocycles. The van der Waals surface area contributed by atoms with Crippen molar-refractivity contribution in [3.63, 3.8) is 0 Å². The first-order valence-corrected chi connectivity index (χ1v) is 9.05. The van der Waals surface area contributed by atoms with E-state index >= 15 is 0 Å². The minimum atomic E-state index is -0.536. The second kappa shape index (κ2) is 9.14. The lowest BCUT2D eigenvalue weighted by atomic mass is 10.0. The predicted octanol–water partition coefficient (Wildman–Crippen LogP) is 4.60. The van der Waals surface area contributed by atoms with Crippen LogP contribution in [0.5, 0.6) is 5.75 Å². The first kappa shape index (κ1) is 19.6. The minimum absolute atomic E-state index is 0.0423. The van der Waals surface area contributed by atoms with Gasteiger partial charge in [0.2, 0.25) is 5.95 Å². The fourth-order valence-electron chi connectivity index (χ4n) is 2.53. The Morgan fingerprint density at radius 1 is 1.00 bits per heavy atom. The van der Waals surface area contributed by atoms with Gasteiger partial charge in [0.25, 0.3) is 0 Å². The van der Waals surface area contributed by atoms with Crippen LogP contribution in [0.15, 0.2) is 54.7 Å². The second-order valence-electron chi connectivity index (χ2n) is 6.51. The van der Waals surface area contributed by atoms with Gasteiger partial charge in [-0.1, -0.05) is 26.0 Å². The van der Waals surface area contributed by atoms with Crippen LogP contribution in [-0.4, -0.2) is 28.3 Å². The van der Waals surface area contributed by atoms with Crippen molar-refractivity contribution in [2.45, 2.75) is 19.8 Å². The summed E-state index contributed by atoms with van der Waals surface area (Å²) >= 11 is 0. The molecule has 3 rings (SSSR count). The van der Waals surface area contributed by atoms with E-state index in [-0.39, 0.29) is 25.0 Å². The quantitative estimate of drug-likeness (QED) is 0.528. The van der Waals surface area contributed by atoms with E-state index < -0.39 is 5.82 Å². The van der Waals surface area contributed by atoms with Crippen LogP contribution in [0.25, 0.3) is 0 Å². The lowest BCUT2D eigenvalue weighted by molar-refractivity contribution is 0.201. The van der Waals surface area contributed by atoms with Crippen LogP contribution < -0.4 is 15.4 Å². The average Bonchev–Trinajstić information content (AvgIpc) is 2.70. The topological polar surface area (TPSA) is 79.3 Å². The average molecular weight is 382 g/mol. The molecule has 0 unspecified atom stereocenters. The number of hydrogen-bond acceptors (Lipinski definition) is 6. The monoisotopic (exact) mass is 382 g/mol. The summed E-state index contributed by atoms with van der Waals surface area (Å²) < 4.78 is 19.4. The Balaban J connectivity index is 1.70. The zero-order valence-corrected chi connectivity index (χ0v) is 15.8. The van der Waals surface area contributed by atoms with Crippen molar-refractivity contribution < 1.29 is 14.2 Å². The number of aliphatic hydroxyl groups excluding tert-OH is 1. The molecule has 0 amide bonds. The molecule has 0 aliphatic heterocycles. The zero-order valence-electron chi connectivity index (χ0n) is 15.8. The van der Waals surface area contributed by atoms with Crippen molar-refractivity contribution in [3.05, 3.63) is 66.1 Å². The van der Waals surface area contributed by atoms with Gasteiger partial charge in [-0.3, -0.25) is 0 Å². The van der Waals surface area contributed by atoms with Crippen molar-refractivity contribution in [3.8, 4) is 5.75 Å². The van der Waals surface area contributed by atoms with E-state index in [1.807, 2.05) is 24.3 Å². The largest absolute Gasteiger partial charge is 0.491 e. The highest BCUT2D eigenvalue weighted by Crippen LogP contribution is 2.23. The van der Waals surface area contributed by atoms with Crippen LogP contribution in [-0.2, 0) is 0 Å². The highest BCUT2D eigenvalue weighted by Gasteiger charge is 2.08. The first-order valence-electron chi connectivity index (χ1n) is 9.05. The Morgan fingerprint density at radius 2 is 1.64 bits per heavy atom. The van der Waals surface area contributed by atoms with Gasteiger partial charge in [0.05, 0.1) is 12.8 Å². The number of benzene rings is 2. The molecule has 28 heavy (non-hydrogen) atoms. The molecule has 1 heterocycles. The maximum atomic E-state index is 14.1. The Hall–Kier alpha value is -3.19. The number of aromatic nitrogens is 2. The van der Waals surface area contributed by atoms with Gasteiger partial charge in [-0.05, 0) is 47.9 Å². The van der Waals surface area contributed by atoms with E-state index in [4.69, 9.17) is 9.84 Å². The summed E-state index contributed by atoms with van der Waals surface area (Å²) in [5.74, 6) is 0.906. The van der Waals surface area contributed by atoms with Crippen molar-refractivity contribution in [1.82, 2.24) is 9.97 Å². The number of ether oxygens (including phenoxy) is 1. The summed E-state index contributed by atoms with van der Waals surface area (Å²) in [7, 11) is 0. The molecule has 146 valence electrons. The number of anilines is 4. The molecule has 1 aromatic heterocycles. The summed E-state index contributed by atoms with van der Waals surface area (Å²) in [6, 6.07) is 14.9. The van der Waals surface area contributed by atoms with Gasteiger partial charge in [0.1, 0.15) is 12.4 Å². The number of nitrogens with zero attached hydrogens (tertiary/aromatic N) is 2. The molecule has 0 aliphatic rings. The summed E-state index contributed by atoms with van der Waals surface area (Å²) in [5.41, 5.74) is 2.69. The molecular formula is C21H23FN4O2. The molecule has 0 bridgehead atoms. The minimum Gasteiger partial charge on any atom is -0.491 e. The number of rotatable bonds is 8. The smallest absolute Gasteiger partial charge is 0.229 e. The number of nitrogens with one attached hydrogen (secondary N) is 2. The van der Waals surface area contributed by atoms with Gasteiger partial charge in [0, 0.05) is 11.4 Å². The fraction of sp³-hybridized carbons (Fsp3) is 0.238. The first-order chi connectivity index (χ1) is 13.5. The lowest BCUT2D eigenvalue weighted by Crippen LogP contribution is -2.04. The van der Waals surface area contributed by atoms with E-state index in [0.717, 1.165) is 17.6 Å². The zero-order chi connectivity index (χ0) is 19.9. The van der Waals surface area contributed by atoms with Crippen molar-refractivity contribution >= 4 is 23.1 Å². The van der Waals surface area contributed by atoms with E-state index in [1.54, 1.807) is 24.3 Å². The van der Waals surface area contributed by atoms with E-state index in [9.17, 15) is 4.39 Å². The van der Waals surface area contributed by atoms with Crippen molar-refractivity contribution in [1.29, 1.82) is 0 Å². The summed E-state index contributed by atoms with van der Waals surface area (Å²) in [6.07, 6.45) is 1.12. The van der Waals surface area contributed by atoms with Crippen LogP contribution in [0, 0.1) is 5.82 Å². The highest BCUT2D eigenvalue weighted by molar-refractivity contribution is 5.60. The highest BCUT2D eigenvalue weighted by atomic mass is 19.1. The standard InChI is InChI=1S/C21H23FN4O2/c1-14(2)15-3-5-16(6-4-15)24-20-19(22)13-23-21(26-20)25-17-7-9-18(10-8-17)28-12-11-27/h3-10,13-14,27H,11-12H2,1-2H3,(H2,23,24,25,26). The van der Waals surface area contributed by atoms with Crippen LogP contribution in [0.4, 0.5) is 27.5 Å². The summed E-state index contributed by atoms with van der Waals surface area (Å²) in [4.78, 5) is 8.20. The SMILES string of the molecule is CC(C)c1ccc(Nc2nc(Nc3ccc(OCCO)cc3)ncc2F)cc1. The predicted molar refractivity (Wildman–Crippen MR) is 108 cm³/mol. The molecule has 2 aromatic carbocycles. The number of halogens is 1. The molecule has 3 N–H and O–H groups in total. The van der Waals surface area contributed by atoms with Gasteiger partial charge < -0.3 is 20.5 Å². The molecule has 0 saturated carbocycles. The molecular weight excluding hydrogens is 359 g/mol. The van der Waals surface area contributed by atoms with E-state index in [1.165, 1.54) is 5.56 Å². The third-order valence-electron chi connectivity index (χ3n) is 4.05. The van der Waals surface area contributed by atoms with Gasteiger partial charge in [-0.2, -0.15) is 4.98 Å². The lowest BCUT2D eigenvalue weighted by Gasteiger charge is -2.11. The van der Waals surface area contributed by atoms with Gasteiger partial charge in [0.15, 0.2) is 11.6 Å². The van der Waals surface area contributed by atoms with E-state index in [2.05, 4.69) is 34.4 Å². The maximum Gasteiger partial charge on any atom is 0.229 e. The Kier molecular flexibility index (Phi) is 6.39. The molecule has 0 spiro atoms. The van der Waals surface area contributed by atoms with Crippen LogP contribution in [0.2, 0.25) is 0 Å². The molecule has 7 heteroatoms. The van der Waals surface area contributed by atoms with Crippen molar-refractivity contribution in [2.24, 2.45) is 0 Å². The van der Waals surface area contributed by atoms with Crippen LogP contribution in [0.1, 0.15) is 25.3 Å². The molecule has 6 nitrogen and oxygen atoms in total. The summed E-state index contributed by atoms with van der Waals surface area (Å²) in [5, 5.41) is 14.8. The Morgan fingerprint density at radius 3 is 2.29 bits per heavy atom. The number of aliphatic hydroxyl groups is 1. The third kappa shape index (κ3) is 5.17. The normalized spacial score (nSPS) is 10.8. The third-order valence-corrected chi connectivity index (χ3v) is 4.05. The van der Waals surface area contributed by atoms with E-state index in [0.29, 0.717) is 11.7 Å². The Labute approximate surface area is 163 Å². The van der Waals surface area contributed by atoms with Crippen molar-refractivity contribution in [2.75, 3.05) is 23.8 Å². The molecule has 0 radical (unpaired) electrons. The summed E-state index contributed by atoms with van der Waals surface area (Å²) in [6.45, 7) is 4.44. The fourth-order valence-corrected chi connectivity index (χ4v) is 2.53. The van der Waals surface area contributed by atoms with Gasteiger partial charge >= 0.3 is 0 Å². The maximum absolute atomic E-state index is 14.1. The van der Waals surface area contributed by atoms with Gasteiger partial charge in [-0.25, -0.2) is 9.37 Å². The molecule has 0 aliphatic carbocycles.